The first-order valence-corrected chi connectivity index (χ1v) is 12.8. The smallest absolute Gasteiger partial charge is 0.166 e. The van der Waals surface area contributed by atoms with E-state index in [0.29, 0.717) is 6.17 Å². The highest BCUT2D eigenvalue weighted by atomic mass is 16.3. The highest BCUT2D eigenvalue weighted by molar-refractivity contribution is 4.88. The molecular formula is C26H51N2O+. The fourth-order valence-electron chi connectivity index (χ4n) is 4.57. The Bertz CT molecular complexity index is 421. The summed E-state index contributed by atoms with van der Waals surface area (Å²) in [7, 11) is 0. The average Bonchev–Trinajstić information content (AvgIpc) is 3.13. The predicted molar refractivity (Wildman–Crippen MR) is 128 cm³/mol. The number of nitrogens with zero attached hydrogens (tertiary/aromatic N) is 1. The fourth-order valence-corrected chi connectivity index (χ4v) is 4.57. The monoisotopic (exact) mass is 407 g/mol. The summed E-state index contributed by atoms with van der Waals surface area (Å²) in [5, 5.41) is 12.9. The zero-order valence-corrected chi connectivity index (χ0v) is 19.7. The minimum Gasteiger partial charge on any atom is -0.390 e. The van der Waals surface area contributed by atoms with Gasteiger partial charge in [-0.25, -0.2) is 0 Å². The van der Waals surface area contributed by atoms with Crippen LogP contribution in [-0.4, -0.2) is 35.5 Å². The Labute approximate surface area is 182 Å². The number of aliphatic hydroxyl groups is 1. The molecule has 2 unspecified atom stereocenters. The number of quaternary nitrogens is 1. The molecule has 0 amide bonds. The van der Waals surface area contributed by atoms with Gasteiger partial charge in [-0.15, -0.1) is 0 Å². The van der Waals surface area contributed by atoms with Crippen molar-refractivity contribution >= 4 is 0 Å². The standard InChI is InChI=1S/C26H51N2O/c1-3-5-6-7-8-9-10-11-12-13-14-15-16-17-18-19-20-21-26-27-22-23-28(26,4-2)24-25-29/h18-19,22-23,26-27,29H,3-17,20-21,24-25H2,1-2H3/q+1/b19-18+. The van der Waals surface area contributed by atoms with Crippen LogP contribution in [0.2, 0.25) is 0 Å². The van der Waals surface area contributed by atoms with Gasteiger partial charge in [-0.2, -0.15) is 0 Å². The number of hydrogen-bond acceptors (Lipinski definition) is 2. The molecule has 1 aliphatic heterocycles. The molecule has 0 aliphatic carbocycles. The quantitative estimate of drug-likeness (QED) is 0.129. The molecule has 1 aliphatic rings. The number of rotatable bonds is 20. The lowest BCUT2D eigenvalue weighted by atomic mass is 10.0. The molecule has 0 spiro atoms. The first-order chi connectivity index (χ1) is 14.3. The molecule has 0 radical (unpaired) electrons. The number of nitrogens with one attached hydrogen (secondary N) is 1. The molecule has 0 aromatic carbocycles. The predicted octanol–water partition coefficient (Wildman–Crippen LogP) is 7.03. The van der Waals surface area contributed by atoms with E-state index < -0.39 is 0 Å². The van der Waals surface area contributed by atoms with Gasteiger partial charge >= 0.3 is 0 Å². The maximum Gasteiger partial charge on any atom is 0.166 e. The number of aliphatic hydroxyl groups excluding tert-OH is 1. The van der Waals surface area contributed by atoms with Crippen LogP contribution in [0.4, 0.5) is 0 Å². The zero-order chi connectivity index (χ0) is 21.0. The van der Waals surface area contributed by atoms with Gasteiger partial charge in [-0.3, -0.25) is 4.48 Å². The molecule has 170 valence electrons. The van der Waals surface area contributed by atoms with E-state index in [1.54, 1.807) is 0 Å². The van der Waals surface area contributed by atoms with Gasteiger partial charge in [0.2, 0.25) is 0 Å². The molecule has 0 fully saturated rings. The van der Waals surface area contributed by atoms with Gasteiger partial charge in [-0.1, -0.05) is 96.1 Å². The molecule has 1 heterocycles. The Balaban J connectivity index is 1.89. The van der Waals surface area contributed by atoms with Crippen LogP contribution in [0.15, 0.2) is 24.6 Å². The van der Waals surface area contributed by atoms with Gasteiger partial charge in [0.05, 0.1) is 19.4 Å². The van der Waals surface area contributed by atoms with Crippen molar-refractivity contribution in [1.82, 2.24) is 5.32 Å². The number of unbranched alkanes of at least 4 members (excludes halogenated alkanes) is 13. The highest BCUT2D eigenvalue weighted by Gasteiger charge is 2.35. The molecule has 0 saturated carbocycles. The Hall–Kier alpha value is -0.800. The topological polar surface area (TPSA) is 32.3 Å². The summed E-state index contributed by atoms with van der Waals surface area (Å²) < 4.78 is 0.878. The van der Waals surface area contributed by atoms with Crippen molar-refractivity contribution in [2.45, 2.75) is 123 Å². The summed E-state index contributed by atoms with van der Waals surface area (Å²) in [6.07, 6.45) is 31.5. The van der Waals surface area contributed by atoms with Gasteiger partial charge in [0, 0.05) is 6.42 Å². The van der Waals surface area contributed by atoms with E-state index >= 15 is 0 Å². The molecule has 2 N–H and O–H groups in total. The van der Waals surface area contributed by atoms with Crippen molar-refractivity contribution in [2.75, 3.05) is 19.7 Å². The van der Waals surface area contributed by atoms with Crippen LogP contribution in [0.25, 0.3) is 0 Å². The lowest BCUT2D eigenvalue weighted by Gasteiger charge is -2.36. The van der Waals surface area contributed by atoms with Crippen LogP contribution in [0.1, 0.15) is 117 Å². The summed E-state index contributed by atoms with van der Waals surface area (Å²) >= 11 is 0. The van der Waals surface area contributed by atoms with Gasteiger partial charge in [-0.05, 0) is 26.2 Å². The molecular weight excluding hydrogens is 356 g/mol. The largest absolute Gasteiger partial charge is 0.390 e. The summed E-state index contributed by atoms with van der Waals surface area (Å²) in [6.45, 7) is 6.61. The van der Waals surface area contributed by atoms with Crippen LogP contribution < -0.4 is 5.32 Å². The van der Waals surface area contributed by atoms with Crippen molar-refractivity contribution in [1.29, 1.82) is 0 Å². The third-order valence-corrected chi connectivity index (χ3v) is 6.63. The fraction of sp³-hybridized carbons (Fsp3) is 0.846. The van der Waals surface area contributed by atoms with E-state index in [4.69, 9.17) is 0 Å². The van der Waals surface area contributed by atoms with Crippen molar-refractivity contribution < 1.29 is 9.59 Å². The van der Waals surface area contributed by atoms with Crippen LogP contribution in [0, 0.1) is 0 Å². The lowest BCUT2D eigenvalue weighted by molar-refractivity contribution is -0.899. The van der Waals surface area contributed by atoms with Crippen molar-refractivity contribution in [3.8, 4) is 0 Å². The van der Waals surface area contributed by atoms with E-state index in [1.165, 1.54) is 89.9 Å². The molecule has 0 aromatic heterocycles. The van der Waals surface area contributed by atoms with Gasteiger partial charge in [0.1, 0.15) is 12.7 Å². The minimum atomic E-state index is 0.255. The summed E-state index contributed by atoms with van der Waals surface area (Å²) in [4.78, 5) is 0. The Morgan fingerprint density at radius 1 is 0.793 bits per heavy atom. The molecule has 3 heteroatoms. The van der Waals surface area contributed by atoms with E-state index in [2.05, 4.69) is 43.7 Å². The summed E-state index contributed by atoms with van der Waals surface area (Å²) in [6, 6.07) is 0. The molecule has 2 atom stereocenters. The van der Waals surface area contributed by atoms with Gasteiger partial charge < -0.3 is 10.4 Å². The normalized spacial score (nSPS) is 21.3. The van der Waals surface area contributed by atoms with E-state index in [1.807, 2.05) is 0 Å². The van der Waals surface area contributed by atoms with Crippen LogP contribution in [-0.2, 0) is 0 Å². The van der Waals surface area contributed by atoms with Crippen LogP contribution in [0.5, 0.6) is 0 Å². The summed E-state index contributed by atoms with van der Waals surface area (Å²) in [5.41, 5.74) is 0. The number of allylic oxidation sites excluding steroid dienone is 2. The first-order valence-electron chi connectivity index (χ1n) is 12.8. The Morgan fingerprint density at radius 2 is 1.34 bits per heavy atom. The molecule has 1 rings (SSSR count). The molecule has 0 aromatic rings. The van der Waals surface area contributed by atoms with Crippen molar-refractivity contribution in [3.05, 3.63) is 24.6 Å². The van der Waals surface area contributed by atoms with E-state index in [-0.39, 0.29) is 6.61 Å². The van der Waals surface area contributed by atoms with Crippen molar-refractivity contribution in [3.63, 3.8) is 0 Å². The van der Waals surface area contributed by atoms with E-state index in [9.17, 15) is 5.11 Å². The SMILES string of the molecule is CCCCCCCCCCCCCCC/C=C/CCC1NC=C[N+]1(CC)CCO. The Kier molecular flexibility index (Phi) is 16.3. The van der Waals surface area contributed by atoms with Crippen LogP contribution >= 0.6 is 0 Å². The Morgan fingerprint density at radius 3 is 1.90 bits per heavy atom. The average molecular weight is 408 g/mol. The number of likely N-dealkylation sites (N-methyl/N-ethyl adjacent to an activating group) is 1. The zero-order valence-electron chi connectivity index (χ0n) is 19.7. The second-order valence-electron chi connectivity index (χ2n) is 8.94. The second-order valence-corrected chi connectivity index (χ2v) is 8.94. The minimum absolute atomic E-state index is 0.255. The van der Waals surface area contributed by atoms with Gasteiger partial charge in [0.25, 0.3) is 0 Å². The third-order valence-electron chi connectivity index (χ3n) is 6.63. The van der Waals surface area contributed by atoms with Crippen molar-refractivity contribution in [2.24, 2.45) is 0 Å². The highest BCUT2D eigenvalue weighted by Crippen LogP contribution is 2.21. The molecule has 29 heavy (non-hydrogen) atoms. The lowest BCUT2D eigenvalue weighted by Crippen LogP contribution is -2.53. The third kappa shape index (κ3) is 11.8. The first kappa shape index (κ1) is 26.2. The second kappa shape index (κ2) is 18.0. The maximum absolute atomic E-state index is 9.37. The molecule has 3 nitrogen and oxygen atoms in total. The number of hydrogen-bond donors (Lipinski definition) is 2. The molecule has 0 saturated heterocycles. The van der Waals surface area contributed by atoms with Crippen LogP contribution in [0.3, 0.4) is 0 Å². The van der Waals surface area contributed by atoms with E-state index in [0.717, 1.165) is 30.4 Å². The van der Waals surface area contributed by atoms with Gasteiger partial charge in [0.15, 0.2) is 6.17 Å². The maximum atomic E-state index is 9.37. The molecule has 0 bridgehead atoms. The summed E-state index contributed by atoms with van der Waals surface area (Å²) in [5.74, 6) is 0.